The molecule has 0 saturated carbocycles. The van der Waals surface area contributed by atoms with Crippen LogP contribution in [0.25, 0.3) is 0 Å². The summed E-state index contributed by atoms with van der Waals surface area (Å²) in [6, 6.07) is -0.691. The molecule has 8 nitrogen and oxygen atoms in total. The van der Waals surface area contributed by atoms with Crippen LogP contribution < -0.4 is 5.32 Å². The third-order valence-corrected chi connectivity index (χ3v) is 4.64. The Kier molecular flexibility index (Phi) is 5.29. The van der Waals surface area contributed by atoms with Crippen LogP contribution in [0, 0.1) is 0 Å². The fourth-order valence-electron chi connectivity index (χ4n) is 2.74. The molecule has 3 amide bonds. The molecule has 0 aromatic rings. The van der Waals surface area contributed by atoms with E-state index in [1.165, 1.54) is 4.90 Å². The predicted octanol–water partition coefficient (Wildman–Crippen LogP) is -0.243. The first-order chi connectivity index (χ1) is 10.4. The van der Waals surface area contributed by atoms with Crippen molar-refractivity contribution < 1.29 is 29.3 Å². The average Bonchev–Trinajstić information content (AvgIpc) is 2.85. The molecular formula is C13H21ClN2O6. The van der Waals surface area contributed by atoms with Gasteiger partial charge in [-0.3, -0.25) is 15.0 Å². The molecule has 5 atom stereocenters. The van der Waals surface area contributed by atoms with Gasteiger partial charge in [-0.15, -0.1) is 11.6 Å². The van der Waals surface area contributed by atoms with Crippen molar-refractivity contribution >= 4 is 23.5 Å². The van der Waals surface area contributed by atoms with E-state index in [-0.39, 0.29) is 26.1 Å². The molecule has 0 spiro atoms. The van der Waals surface area contributed by atoms with Crippen molar-refractivity contribution in [3.8, 4) is 0 Å². The highest BCUT2D eigenvalue weighted by Crippen LogP contribution is 2.36. The second kappa shape index (κ2) is 6.67. The average molecular weight is 337 g/mol. The van der Waals surface area contributed by atoms with Gasteiger partial charge in [-0.2, -0.15) is 0 Å². The number of nitrogens with one attached hydrogen (secondary N) is 1. The Morgan fingerprint density at radius 3 is 2.68 bits per heavy atom. The van der Waals surface area contributed by atoms with E-state index in [4.69, 9.17) is 26.2 Å². The quantitative estimate of drug-likeness (QED) is 0.598. The number of imide groups is 1. The van der Waals surface area contributed by atoms with E-state index in [1.807, 2.05) is 0 Å². The maximum Gasteiger partial charge on any atom is 0.328 e. The minimum atomic E-state index is -1.43. The normalized spacial score (nSPS) is 39.2. The van der Waals surface area contributed by atoms with Crippen LogP contribution in [0.3, 0.4) is 0 Å². The first-order valence-corrected chi connectivity index (χ1v) is 7.65. The standard InChI is InChI=1S/C13H21ClN2O6/c1-3-13(14)10(19)15-12(20)16(11(13)21-4-2)9-5-7(18)8(6-17)22-9/h7-9,11,17-18H,3-6H2,1-2H3,(H,15,19,20)/t7-,8+,9+,11+,13+/m0/s1. The maximum absolute atomic E-state index is 12.2. The second-order valence-corrected chi connectivity index (χ2v) is 5.98. The third kappa shape index (κ3) is 2.81. The number of aliphatic hydroxyl groups is 2. The molecule has 9 heteroatoms. The molecule has 22 heavy (non-hydrogen) atoms. The van der Waals surface area contributed by atoms with Gasteiger partial charge in [0.25, 0.3) is 5.91 Å². The van der Waals surface area contributed by atoms with Crippen molar-refractivity contribution in [1.29, 1.82) is 0 Å². The van der Waals surface area contributed by atoms with Crippen molar-refractivity contribution in [2.45, 2.75) is 56.2 Å². The van der Waals surface area contributed by atoms with Gasteiger partial charge in [0.1, 0.15) is 12.3 Å². The molecule has 2 aliphatic rings. The van der Waals surface area contributed by atoms with Crippen molar-refractivity contribution in [2.75, 3.05) is 13.2 Å². The van der Waals surface area contributed by atoms with Gasteiger partial charge < -0.3 is 19.7 Å². The topological polar surface area (TPSA) is 108 Å². The highest BCUT2D eigenvalue weighted by Gasteiger charge is 2.56. The summed E-state index contributed by atoms with van der Waals surface area (Å²) in [4.78, 5) is 24.1. The number of hydrogen-bond donors (Lipinski definition) is 3. The summed E-state index contributed by atoms with van der Waals surface area (Å²) in [5.74, 6) is -0.617. The van der Waals surface area contributed by atoms with Crippen molar-refractivity contribution in [2.24, 2.45) is 0 Å². The van der Waals surface area contributed by atoms with Crippen LogP contribution in [-0.4, -0.2) is 69.8 Å². The van der Waals surface area contributed by atoms with Crippen molar-refractivity contribution in [3.05, 3.63) is 0 Å². The number of amides is 3. The fourth-order valence-corrected chi connectivity index (χ4v) is 2.96. The number of urea groups is 1. The summed E-state index contributed by atoms with van der Waals surface area (Å²) >= 11 is 6.40. The predicted molar refractivity (Wildman–Crippen MR) is 76.0 cm³/mol. The smallest absolute Gasteiger partial charge is 0.328 e. The van der Waals surface area contributed by atoms with Crippen LogP contribution in [0.1, 0.15) is 26.7 Å². The number of alkyl halides is 1. The zero-order chi connectivity index (χ0) is 16.5. The molecule has 2 heterocycles. The molecular weight excluding hydrogens is 316 g/mol. The van der Waals surface area contributed by atoms with Gasteiger partial charge >= 0.3 is 6.03 Å². The molecule has 0 bridgehead atoms. The Morgan fingerprint density at radius 2 is 2.18 bits per heavy atom. The first kappa shape index (κ1) is 17.4. The third-order valence-electron chi connectivity index (χ3n) is 4.01. The highest BCUT2D eigenvalue weighted by molar-refractivity contribution is 6.37. The van der Waals surface area contributed by atoms with Crippen LogP contribution in [0.2, 0.25) is 0 Å². The fraction of sp³-hybridized carbons (Fsp3) is 0.846. The largest absolute Gasteiger partial charge is 0.394 e. The van der Waals surface area contributed by atoms with E-state index in [9.17, 15) is 14.7 Å². The van der Waals surface area contributed by atoms with Crippen LogP contribution in [0.5, 0.6) is 0 Å². The number of aliphatic hydroxyl groups excluding tert-OH is 2. The van der Waals surface area contributed by atoms with Crippen LogP contribution in [0.4, 0.5) is 4.79 Å². The number of ether oxygens (including phenoxy) is 2. The highest BCUT2D eigenvalue weighted by atomic mass is 35.5. The molecule has 0 aromatic carbocycles. The Labute approximate surface area is 133 Å². The maximum atomic E-state index is 12.2. The lowest BCUT2D eigenvalue weighted by Gasteiger charge is -2.46. The van der Waals surface area contributed by atoms with E-state index in [0.717, 1.165) is 0 Å². The van der Waals surface area contributed by atoms with Gasteiger partial charge in [0, 0.05) is 13.0 Å². The lowest BCUT2D eigenvalue weighted by atomic mass is 9.98. The molecule has 0 radical (unpaired) electrons. The molecule has 2 aliphatic heterocycles. The van der Waals surface area contributed by atoms with E-state index >= 15 is 0 Å². The number of nitrogens with zero attached hydrogens (tertiary/aromatic N) is 1. The zero-order valence-corrected chi connectivity index (χ0v) is 13.2. The lowest BCUT2D eigenvalue weighted by Crippen LogP contribution is -2.70. The monoisotopic (exact) mass is 336 g/mol. The summed E-state index contributed by atoms with van der Waals surface area (Å²) in [5.41, 5.74) is 0. The van der Waals surface area contributed by atoms with Gasteiger partial charge in [-0.25, -0.2) is 4.79 Å². The van der Waals surface area contributed by atoms with E-state index in [2.05, 4.69) is 5.32 Å². The van der Waals surface area contributed by atoms with Gasteiger partial charge in [-0.05, 0) is 13.3 Å². The van der Waals surface area contributed by atoms with E-state index < -0.39 is 41.5 Å². The Morgan fingerprint density at radius 1 is 1.50 bits per heavy atom. The number of rotatable bonds is 5. The van der Waals surface area contributed by atoms with Gasteiger partial charge in [0.05, 0.1) is 12.7 Å². The van der Waals surface area contributed by atoms with E-state index in [0.29, 0.717) is 0 Å². The van der Waals surface area contributed by atoms with Gasteiger partial charge in [-0.1, -0.05) is 6.92 Å². The summed E-state index contributed by atoms with van der Waals surface area (Å²) in [6.45, 7) is 3.32. The van der Waals surface area contributed by atoms with Gasteiger partial charge in [0.2, 0.25) is 0 Å². The number of halogens is 1. The van der Waals surface area contributed by atoms with Crippen molar-refractivity contribution in [1.82, 2.24) is 10.2 Å². The number of carbonyl (C=O) groups is 2. The van der Waals surface area contributed by atoms with Crippen molar-refractivity contribution in [3.63, 3.8) is 0 Å². The molecule has 3 N–H and O–H groups in total. The van der Waals surface area contributed by atoms with Crippen LogP contribution in [-0.2, 0) is 14.3 Å². The molecule has 0 aliphatic carbocycles. The number of carbonyl (C=O) groups excluding carboxylic acids is 2. The lowest BCUT2D eigenvalue weighted by molar-refractivity contribution is -0.162. The summed E-state index contributed by atoms with van der Waals surface area (Å²) < 4.78 is 11.0. The SMILES string of the molecule is CCO[C@H]1N([C@H]2C[C@H](O)[C@@H](CO)O2)C(=O)NC(=O)[C@]1(Cl)CC. The zero-order valence-electron chi connectivity index (χ0n) is 12.5. The Balaban J connectivity index is 2.30. The van der Waals surface area contributed by atoms with Crippen LogP contribution >= 0.6 is 11.6 Å². The summed E-state index contributed by atoms with van der Waals surface area (Å²) in [5, 5.41) is 21.2. The molecule has 2 rings (SSSR count). The molecule has 2 saturated heterocycles. The molecule has 2 fully saturated rings. The molecule has 126 valence electrons. The minimum Gasteiger partial charge on any atom is -0.394 e. The molecule has 0 aromatic heterocycles. The first-order valence-electron chi connectivity index (χ1n) is 7.27. The summed E-state index contributed by atoms with van der Waals surface area (Å²) in [6.07, 6.45) is -3.19. The minimum absolute atomic E-state index is 0.104. The second-order valence-electron chi connectivity index (χ2n) is 5.31. The molecule has 0 unspecified atom stereocenters. The Bertz CT molecular complexity index is 450. The van der Waals surface area contributed by atoms with Gasteiger partial charge in [0.15, 0.2) is 11.1 Å². The van der Waals surface area contributed by atoms with Crippen LogP contribution in [0.15, 0.2) is 0 Å². The number of hydrogen-bond acceptors (Lipinski definition) is 6. The van der Waals surface area contributed by atoms with E-state index in [1.54, 1.807) is 13.8 Å². The summed E-state index contributed by atoms with van der Waals surface area (Å²) in [7, 11) is 0. The Hall–Kier alpha value is -0.930.